The lowest BCUT2D eigenvalue weighted by atomic mass is 9.80. The Hall–Kier alpha value is -3.10. The number of carbonyl (C=O) groups excluding carboxylic acids is 2. The van der Waals surface area contributed by atoms with Crippen molar-refractivity contribution in [3.8, 4) is 5.88 Å². The third kappa shape index (κ3) is 4.87. The first-order valence-electron chi connectivity index (χ1n) is 10.9. The Kier molecular flexibility index (Phi) is 6.08. The number of alkyl carbamates (subject to hydrolysis) is 1. The number of nitrogens with zero attached hydrogens (tertiary/aromatic N) is 2. The van der Waals surface area contributed by atoms with E-state index in [9.17, 15) is 9.59 Å². The Morgan fingerprint density at radius 1 is 1.12 bits per heavy atom. The van der Waals surface area contributed by atoms with E-state index in [0.717, 1.165) is 31.2 Å². The summed E-state index contributed by atoms with van der Waals surface area (Å²) in [6.07, 6.45) is 2.71. The number of aromatic nitrogens is 2. The smallest absolute Gasteiger partial charge is 0.481 e. The maximum atomic E-state index is 12.1. The van der Waals surface area contributed by atoms with E-state index in [1.165, 1.54) is 0 Å². The van der Waals surface area contributed by atoms with Crippen molar-refractivity contribution in [3.63, 3.8) is 0 Å². The van der Waals surface area contributed by atoms with Crippen LogP contribution < -0.4 is 10.1 Å². The molecule has 4 rings (SSSR count). The number of methoxy groups -OCH3 is 1. The third-order valence-corrected chi connectivity index (χ3v) is 5.82. The minimum atomic E-state index is -0.679. The monoisotopic (exact) mass is 443 g/mol. The molecule has 2 fully saturated rings. The van der Waals surface area contributed by atoms with Crippen LogP contribution in [0.1, 0.15) is 58.1 Å². The molecular weight excluding hydrogens is 414 g/mol. The Morgan fingerprint density at radius 2 is 1.88 bits per heavy atom. The number of ether oxygens (including phenoxy) is 4. The molecule has 0 spiro atoms. The molecule has 172 valence electrons. The summed E-state index contributed by atoms with van der Waals surface area (Å²) in [5.74, 6) is 0.569. The molecule has 1 saturated heterocycles. The summed E-state index contributed by atoms with van der Waals surface area (Å²) in [6, 6.07) is 5.41. The van der Waals surface area contributed by atoms with Crippen molar-refractivity contribution in [2.24, 2.45) is 5.92 Å². The van der Waals surface area contributed by atoms with Gasteiger partial charge in [-0.15, -0.1) is 0 Å². The quantitative estimate of drug-likeness (QED) is 0.697. The second-order valence-corrected chi connectivity index (χ2v) is 9.25. The average molecular weight is 444 g/mol. The van der Waals surface area contributed by atoms with Gasteiger partial charge < -0.3 is 24.3 Å². The number of cyclic esters (lactones) is 2. The summed E-state index contributed by atoms with van der Waals surface area (Å²) in [6.45, 7) is 5.52. The maximum Gasteiger partial charge on any atom is 0.509 e. The fourth-order valence-corrected chi connectivity index (χ4v) is 4.39. The first-order valence-corrected chi connectivity index (χ1v) is 10.9. The average Bonchev–Trinajstić information content (AvgIpc) is 3.13. The third-order valence-electron chi connectivity index (χ3n) is 5.82. The minimum absolute atomic E-state index is 0.0326. The predicted octanol–water partition coefficient (Wildman–Crippen LogP) is 4.30. The second kappa shape index (κ2) is 8.80. The molecule has 3 heterocycles. The second-order valence-electron chi connectivity index (χ2n) is 9.25. The van der Waals surface area contributed by atoms with Crippen LogP contribution in [0.3, 0.4) is 0 Å². The summed E-state index contributed by atoms with van der Waals surface area (Å²) in [7, 11) is 1.55. The highest BCUT2D eigenvalue weighted by Crippen LogP contribution is 2.41. The molecule has 1 aliphatic carbocycles. The summed E-state index contributed by atoms with van der Waals surface area (Å²) in [5, 5.41) is 2.94. The van der Waals surface area contributed by atoms with Crippen molar-refractivity contribution in [2.45, 2.75) is 70.3 Å². The molecule has 0 aromatic carbocycles. The van der Waals surface area contributed by atoms with Gasteiger partial charge in [-0.25, -0.2) is 14.6 Å². The van der Waals surface area contributed by atoms with Crippen molar-refractivity contribution in [1.82, 2.24) is 15.3 Å². The van der Waals surface area contributed by atoms with Gasteiger partial charge in [0.2, 0.25) is 5.88 Å². The van der Waals surface area contributed by atoms with E-state index in [1.807, 2.05) is 32.9 Å². The molecule has 1 aliphatic heterocycles. The Labute approximate surface area is 186 Å². The number of rotatable bonds is 4. The lowest BCUT2D eigenvalue weighted by Crippen LogP contribution is -2.42. The topological polar surface area (TPSA) is 109 Å². The lowest BCUT2D eigenvalue weighted by Gasteiger charge is -2.33. The van der Waals surface area contributed by atoms with E-state index in [0.29, 0.717) is 16.9 Å². The van der Waals surface area contributed by atoms with Crippen molar-refractivity contribution in [3.05, 3.63) is 30.0 Å². The fraction of sp³-hybridized carbons (Fsp3) is 0.565. The predicted molar refractivity (Wildman–Crippen MR) is 115 cm³/mol. The molecule has 2 atom stereocenters. The van der Waals surface area contributed by atoms with Crippen LogP contribution in [-0.2, 0) is 14.2 Å². The van der Waals surface area contributed by atoms with E-state index in [-0.39, 0.29) is 12.0 Å². The first-order chi connectivity index (χ1) is 15.2. The van der Waals surface area contributed by atoms with Crippen LogP contribution >= 0.6 is 0 Å². The Balaban J connectivity index is 1.47. The maximum absolute atomic E-state index is 12.1. The molecule has 0 bridgehead atoms. The molecule has 32 heavy (non-hydrogen) atoms. The first kappa shape index (κ1) is 22.1. The van der Waals surface area contributed by atoms with E-state index in [1.54, 1.807) is 19.4 Å². The number of amides is 1. The number of hydrogen-bond acceptors (Lipinski definition) is 8. The number of pyridine rings is 2. The Morgan fingerprint density at radius 3 is 2.56 bits per heavy atom. The number of hydrogen-bond donors (Lipinski definition) is 1. The molecule has 1 N–H and O–H groups in total. The number of carbonyl (C=O) groups is 2. The minimum Gasteiger partial charge on any atom is -0.481 e. The van der Waals surface area contributed by atoms with E-state index in [2.05, 4.69) is 15.3 Å². The highest BCUT2D eigenvalue weighted by molar-refractivity contribution is 5.79. The molecule has 1 amide bonds. The SMILES string of the molecule is COc1ccc2nccc(C3OC(=O)OC3C3CCC(NC(=O)OC(C)(C)C)CC3)c2n1. The summed E-state index contributed by atoms with van der Waals surface area (Å²) in [4.78, 5) is 33.1. The highest BCUT2D eigenvalue weighted by Gasteiger charge is 2.45. The van der Waals surface area contributed by atoms with Gasteiger partial charge in [0.1, 0.15) is 11.7 Å². The Bertz CT molecular complexity index is 997. The van der Waals surface area contributed by atoms with Crippen LogP contribution in [-0.4, -0.2) is 47.1 Å². The molecule has 9 nitrogen and oxygen atoms in total. The van der Waals surface area contributed by atoms with Crippen LogP contribution in [0.4, 0.5) is 9.59 Å². The van der Waals surface area contributed by atoms with E-state index >= 15 is 0 Å². The van der Waals surface area contributed by atoms with Crippen LogP contribution in [0.2, 0.25) is 0 Å². The van der Waals surface area contributed by atoms with Gasteiger partial charge in [0.15, 0.2) is 6.10 Å². The molecular formula is C23H29N3O6. The number of fused-ring (bicyclic) bond motifs is 1. The molecule has 9 heteroatoms. The van der Waals surface area contributed by atoms with Gasteiger partial charge in [0, 0.05) is 29.8 Å². The van der Waals surface area contributed by atoms with Gasteiger partial charge in [-0.3, -0.25) is 4.98 Å². The van der Waals surface area contributed by atoms with Crippen molar-refractivity contribution < 1.29 is 28.5 Å². The summed E-state index contributed by atoms with van der Waals surface area (Å²) in [5.41, 5.74) is 1.53. The fourth-order valence-electron chi connectivity index (χ4n) is 4.39. The summed E-state index contributed by atoms with van der Waals surface area (Å²) >= 11 is 0. The highest BCUT2D eigenvalue weighted by atomic mass is 16.8. The molecule has 2 aromatic heterocycles. The van der Waals surface area contributed by atoms with E-state index in [4.69, 9.17) is 18.9 Å². The van der Waals surface area contributed by atoms with Gasteiger partial charge in [-0.05, 0) is 58.6 Å². The van der Waals surface area contributed by atoms with Gasteiger partial charge in [-0.2, -0.15) is 0 Å². The largest absolute Gasteiger partial charge is 0.509 e. The zero-order chi connectivity index (χ0) is 22.9. The van der Waals surface area contributed by atoms with Gasteiger partial charge >= 0.3 is 12.2 Å². The molecule has 1 saturated carbocycles. The van der Waals surface area contributed by atoms with Crippen molar-refractivity contribution >= 4 is 23.3 Å². The summed E-state index contributed by atoms with van der Waals surface area (Å²) < 4.78 is 21.8. The zero-order valence-corrected chi connectivity index (χ0v) is 18.8. The molecule has 0 radical (unpaired) electrons. The zero-order valence-electron chi connectivity index (χ0n) is 18.8. The van der Waals surface area contributed by atoms with E-state index < -0.39 is 30.1 Å². The lowest BCUT2D eigenvalue weighted by molar-refractivity contribution is 0.0436. The van der Waals surface area contributed by atoms with Crippen LogP contribution in [0.25, 0.3) is 11.0 Å². The van der Waals surface area contributed by atoms with Crippen molar-refractivity contribution in [2.75, 3.05) is 7.11 Å². The van der Waals surface area contributed by atoms with Gasteiger partial charge in [0.05, 0.1) is 18.1 Å². The normalized spacial score (nSPS) is 25.7. The van der Waals surface area contributed by atoms with Gasteiger partial charge in [-0.1, -0.05) is 0 Å². The van der Waals surface area contributed by atoms with Crippen LogP contribution in [0.5, 0.6) is 5.88 Å². The molecule has 2 aromatic rings. The van der Waals surface area contributed by atoms with Crippen molar-refractivity contribution in [1.29, 1.82) is 0 Å². The van der Waals surface area contributed by atoms with Crippen LogP contribution in [0, 0.1) is 5.92 Å². The molecule has 2 aliphatic rings. The standard InChI is InChI=1S/C23H29N3O6/c1-23(2,3)32-21(27)25-14-7-5-13(6-8-14)19-20(31-22(28)30-19)15-11-12-24-16-9-10-17(29-4)26-18(15)16/h9-14,19-20H,5-8H2,1-4H3,(H,25,27). The molecule has 2 unspecified atom stereocenters. The van der Waals surface area contributed by atoms with Crippen LogP contribution in [0.15, 0.2) is 24.4 Å². The number of nitrogens with one attached hydrogen (secondary N) is 1. The van der Waals surface area contributed by atoms with Gasteiger partial charge in [0.25, 0.3) is 0 Å².